The Hall–Kier alpha value is -3.86. The Morgan fingerprint density at radius 3 is 2.68 bits per heavy atom. The number of carbonyl (C=O) groups excluding carboxylic acids is 1. The number of aromatic nitrogens is 4. The van der Waals surface area contributed by atoms with Gasteiger partial charge in [-0.3, -0.25) is 14.7 Å². The summed E-state index contributed by atoms with van der Waals surface area (Å²) in [4.78, 5) is 32.9. The minimum atomic E-state index is -0.478. The Morgan fingerprint density at radius 1 is 1.12 bits per heavy atom. The number of H-pyrrole nitrogens is 1. The molecule has 4 aromatic rings. The molecule has 0 saturated heterocycles. The third-order valence-electron chi connectivity index (χ3n) is 4.96. The lowest BCUT2D eigenvalue weighted by atomic mass is 10.1. The summed E-state index contributed by atoms with van der Waals surface area (Å²) in [6, 6.07) is 13.0. The minimum absolute atomic E-state index is 0.0506. The number of methoxy groups -OCH3 is 2. The second-order valence-electron chi connectivity index (χ2n) is 7.20. The van der Waals surface area contributed by atoms with Gasteiger partial charge in [0.25, 0.3) is 5.56 Å². The van der Waals surface area contributed by atoms with Crippen LogP contribution < -0.4 is 20.3 Å². The zero-order valence-corrected chi connectivity index (χ0v) is 19.3. The summed E-state index contributed by atoms with van der Waals surface area (Å²) in [6.45, 7) is 0.425. The number of amides is 1. The fraction of sp³-hybridized carbons (Fsp3) is 0.217. The Bertz CT molecular complexity index is 1390. The monoisotopic (exact) mass is 483 g/mol. The van der Waals surface area contributed by atoms with Crippen LogP contribution in [0.1, 0.15) is 5.56 Å². The molecule has 0 aliphatic carbocycles. The van der Waals surface area contributed by atoms with Gasteiger partial charge in [0.05, 0.1) is 25.5 Å². The van der Waals surface area contributed by atoms with Gasteiger partial charge in [-0.15, -0.1) is 0 Å². The molecule has 0 bridgehead atoms. The Labute approximate surface area is 198 Å². The van der Waals surface area contributed by atoms with E-state index in [1.807, 2.05) is 18.2 Å². The van der Waals surface area contributed by atoms with Crippen LogP contribution in [0.2, 0.25) is 0 Å². The van der Waals surface area contributed by atoms with Gasteiger partial charge in [-0.25, -0.2) is 18.9 Å². The number of nitrogens with zero attached hydrogens (tertiary/aromatic N) is 3. The summed E-state index contributed by atoms with van der Waals surface area (Å²) in [5, 5.41) is 5.78. The lowest BCUT2D eigenvalue weighted by Gasteiger charge is -2.10. The maximum absolute atomic E-state index is 14.3. The molecule has 176 valence electrons. The summed E-state index contributed by atoms with van der Waals surface area (Å²) in [6.07, 6.45) is 0.608. The second kappa shape index (κ2) is 10.4. The topological polar surface area (TPSA) is 111 Å². The Kier molecular flexibility index (Phi) is 7.12. The fourth-order valence-corrected chi connectivity index (χ4v) is 4.09. The highest BCUT2D eigenvalue weighted by Crippen LogP contribution is 2.27. The van der Waals surface area contributed by atoms with Crippen LogP contribution in [0.3, 0.4) is 0 Å². The van der Waals surface area contributed by atoms with Crippen LogP contribution in [0, 0.1) is 5.82 Å². The molecule has 34 heavy (non-hydrogen) atoms. The summed E-state index contributed by atoms with van der Waals surface area (Å²) < 4.78 is 26.2. The van der Waals surface area contributed by atoms with Crippen molar-refractivity contribution in [1.29, 1.82) is 0 Å². The van der Waals surface area contributed by atoms with Crippen molar-refractivity contribution < 1.29 is 18.7 Å². The number of thioether (sulfide) groups is 1. The molecular formula is C23H22FN5O4S. The standard InChI is InChI=1S/C23H22FN5O4S/c1-32-17-8-7-14(11-18(17)33-2)9-10-25-21(31)13-34-23-27-22(15-5-3-4-6-16(15)24)26-19-12-20(30)28-29(19)23/h3-8,11-12H,9-10,13H2,1-2H3,(H,25,31)(H,28,30). The van der Waals surface area contributed by atoms with Gasteiger partial charge in [0.2, 0.25) is 5.91 Å². The molecular weight excluding hydrogens is 461 g/mol. The van der Waals surface area contributed by atoms with Crippen molar-refractivity contribution in [2.75, 3.05) is 26.5 Å². The maximum atomic E-state index is 14.3. The summed E-state index contributed by atoms with van der Waals surface area (Å²) in [7, 11) is 3.14. The number of hydrogen-bond donors (Lipinski definition) is 2. The van der Waals surface area contributed by atoms with E-state index in [0.717, 1.165) is 17.3 Å². The van der Waals surface area contributed by atoms with E-state index in [1.54, 1.807) is 32.4 Å². The van der Waals surface area contributed by atoms with Crippen molar-refractivity contribution in [3.8, 4) is 22.9 Å². The van der Waals surface area contributed by atoms with E-state index in [4.69, 9.17) is 9.47 Å². The van der Waals surface area contributed by atoms with Crippen molar-refractivity contribution in [3.05, 3.63) is 70.3 Å². The summed E-state index contributed by atoms with van der Waals surface area (Å²) in [5.74, 6) is 0.762. The zero-order chi connectivity index (χ0) is 24.1. The van der Waals surface area contributed by atoms with Crippen molar-refractivity contribution in [2.24, 2.45) is 0 Å². The molecule has 2 aromatic heterocycles. The van der Waals surface area contributed by atoms with Gasteiger partial charge in [-0.1, -0.05) is 30.0 Å². The molecule has 11 heteroatoms. The van der Waals surface area contributed by atoms with Gasteiger partial charge in [0, 0.05) is 12.6 Å². The number of ether oxygens (including phenoxy) is 2. The van der Waals surface area contributed by atoms with Crippen LogP contribution >= 0.6 is 11.8 Å². The molecule has 0 unspecified atom stereocenters. The number of fused-ring (bicyclic) bond motifs is 1. The first-order valence-electron chi connectivity index (χ1n) is 10.3. The number of hydrogen-bond acceptors (Lipinski definition) is 7. The Morgan fingerprint density at radius 2 is 1.91 bits per heavy atom. The van der Waals surface area contributed by atoms with E-state index in [2.05, 4.69) is 20.4 Å². The van der Waals surface area contributed by atoms with Crippen molar-refractivity contribution >= 4 is 23.3 Å². The van der Waals surface area contributed by atoms with E-state index in [1.165, 1.54) is 16.6 Å². The molecule has 1 amide bonds. The molecule has 0 radical (unpaired) electrons. The van der Waals surface area contributed by atoms with Crippen molar-refractivity contribution in [1.82, 2.24) is 24.9 Å². The highest BCUT2D eigenvalue weighted by atomic mass is 32.2. The first-order valence-corrected chi connectivity index (χ1v) is 11.3. The number of benzene rings is 2. The van der Waals surface area contributed by atoms with E-state index in [9.17, 15) is 14.0 Å². The molecule has 9 nitrogen and oxygen atoms in total. The van der Waals surface area contributed by atoms with Crippen LogP contribution in [0.5, 0.6) is 11.5 Å². The van der Waals surface area contributed by atoms with E-state index >= 15 is 0 Å². The van der Waals surface area contributed by atoms with Crippen LogP contribution in [-0.2, 0) is 11.2 Å². The predicted molar refractivity (Wildman–Crippen MR) is 126 cm³/mol. The number of carbonyl (C=O) groups is 1. The van der Waals surface area contributed by atoms with Gasteiger partial charge in [0.15, 0.2) is 28.1 Å². The summed E-state index contributed by atoms with van der Waals surface area (Å²) in [5.41, 5.74) is 1.11. The van der Waals surface area contributed by atoms with Gasteiger partial charge >= 0.3 is 0 Å². The third kappa shape index (κ3) is 5.20. The molecule has 0 aliphatic heterocycles. The van der Waals surface area contributed by atoms with Gasteiger partial charge in [-0.2, -0.15) is 0 Å². The molecule has 2 N–H and O–H groups in total. The molecule has 0 spiro atoms. The van der Waals surface area contributed by atoms with Crippen LogP contribution in [-0.4, -0.2) is 52.0 Å². The molecule has 2 aromatic carbocycles. The van der Waals surface area contributed by atoms with Crippen LogP contribution in [0.25, 0.3) is 17.0 Å². The normalized spacial score (nSPS) is 10.9. The third-order valence-corrected chi connectivity index (χ3v) is 5.89. The van der Waals surface area contributed by atoms with E-state index < -0.39 is 5.82 Å². The van der Waals surface area contributed by atoms with Crippen LogP contribution in [0.15, 0.2) is 58.5 Å². The van der Waals surface area contributed by atoms with Crippen molar-refractivity contribution in [2.45, 2.75) is 11.6 Å². The van der Waals surface area contributed by atoms with E-state index in [-0.39, 0.29) is 34.3 Å². The average molecular weight is 484 g/mol. The highest BCUT2D eigenvalue weighted by Gasteiger charge is 2.15. The van der Waals surface area contributed by atoms with Gasteiger partial charge in [0.1, 0.15) is 5.82 Å². The quantitative estimate of drug-likeness (QED) is 0.352. The van der Waals surface area contributed by atoms with Gasteiger partial charge < -0.3 is 14.8 Å². The molecule has 0 fully saturated rings. The first kappa shape index (κ1) is 23.3. The maximum Gasteiger partial charge on any atom is 0.266 e. The molecule has 0 aliphatic rings. The van der Waals surface area contributed by atoms with Gasteiger partial charge in [-0.05, 0) is 36.2 Å². The zero-order valence-electron chi connectivity index (χ0n) is 18.5. The lowest BCUT2D eigenvalue weighted by Crippen LogP contribution is -2.27. The first-order chi connectivity index (χ1) is 16.5. The SMILES string of the molecule is COc1ccc(CCNC(=O)CSc2nc(-c3ccccc3F)nc3cc(=O)[nH]n23)cc1OC. The minimum Gasteiger partial charge on any atom is -0.493 e. The van der Waals surface area contributed by atoms with Crippen LogP contribution in [0.4, 0.5) is 4.39 Å². The number of halogens is 1. The lowest BCUT2D eigenvalue weighted by molar-refractivity contribution is -0.118. The molecule has 0 saturated carbocycles. The molecule has 2 heterocycles. The molecule has 0 atom stereocenters. The second-order valence-corrected chi connectivity index (χ2v) is 8.14. The predicted octanol–water partition coefficient (Wildman–Crippen LogP) is 2.69. The average Bonchev–Trinajstić information content (AvgIpc) is 3.22. The largest absolute Gasteiger partial charge is 0.493 e. The number of rotatable bonds is 9. The number of nitrogens with one attached hydrogen (secondary N) is 2. The summed E-state index contributed by atoms with van der Waals surface area (Å²) >= 11 is 1.11. The smallest absolute Gasteiger partial charge is 0.266 e. The van der Waals surface area contributed by atoms with E-state index in [0.29, 0.717) is 29.6 Å². The Balaban J connectivity index is 1.42. The fourth-order valence-electron chi connectivity index (χ4n) is 3.31. The number of aromatic amines is 1. The van der Waals surface area contributed by atoms with Crippen molar-refractivity contribution in [3.63, 3.8) is 0 Å². The highest BCUT2D eigenvalue weighted by molar-refractivity contribution is 7.99. The molecule has 4 rings (SSSR count).